The van der Waals surface area contributed by atoms with Crippen molar-refractivity contribution in [2.45, 2.75) is 27.2 Å². The minimum Gasteiger partial charge on any atom is -0.396 e. The summed E-state index contributed by atoms with van der Waals surface area (Å²) in [6.07, 6.45) is 3.07. The first-order valence-corrected chi connectivity index (χ1v) is 3.01. The summed E-state index contributed by atoms with van der Waals surface area (Å²) in [5.74, 6) is 0. The fourth-order valence-electron chi connectivity index (χ4n) is 0.617. The van der Waals surface area contributed by atoms with Crippen molar-refractivity contribution in [2.24, 2.45) is 5.41 Å². The fourth-order valence-corrected chi connectivity index (χ4v) is 0.617. The molecule has 1 radical (unpaired) electrons. The molecule has 0 atom stereocenters. The Bertz CT molecular complexity index is 57.4. The van der Waals surface area contributed by atoms with Gasteiger partial charge in [0, 0.05) is 6.61 Å². The lowest BCUT2D eigenvalue weighted by Gasteiger charge is -2.19. The van der Waals surface area contributed by atoms with E-state index in [0.717, 1.165) is 6.42 Å². The summed E-state index contributed by atoms with van der Waals surface area (Å²) in [6.45, 7) is 6.38. The first kappa shape index (κ1) is 7.96. The maximum Gasteiger partial charge on any atom is 0.0482 e. The van der Waals surface area contributed by atoms with E-state index >= 15 is 0 Å². The third kappa shape index (κ3) is 3.03. The Morgan fingerprint density at radius 1 is 1.50 bits per heavy atom. The SMILES string of the molecule is C[CH]CC(C)(C)CO. The molecule has 1 heteroatoms. The molecule has 0 unspecified atom stereocenters. The van der Waals surface area contributed by atoms with E-state index in [1.165, 1.54) is 0 Å². The van der Waals surface area contributed by atoms with E-state index in [9.17, 15) is 0 Å². The highest BCUT2D eigenvalue weighted by molar-refractivity contribution is 4.73. The lowest BCUT2D eigenvalue weighted by molar-refractivity contribution is 0.159. The molecule has 0 bridgehead atoms. The maximum absolute atomic E-state index is 8.71. The molecule has 0 aromatic rings. The van der Waals surface area contributed by atoms with Crippen LogP contribution in [0.25, 0.3) is 0 Å². The van der Waals surface area contributed by atoms with E-state index in [-0.39, 0.29) is 12.0 Å². The Morgan fingerprint density at radius 3 is 2.12 bits per heavy atom. The topological polar surface area (TPSA) is 20.2 Å². The molecule has 0 aromatic heterocycles. The second-order valence-corrected chi connectivity index (χ2v) is 2.93. The summed E-state index contributed by atoms with van der Waals surface area (Å²) in [7, 11) is 0. The van der Waals surface area contributed by atoms with E-state index < -0.39 is 0 Å². The molecule has 1 nitrogen and oxygen atoms in total. The number of hydrogen-bond donors (Lipinski definition) is 1. The van der Waals surface area contributed by atoms with Crippen molar-refractivity contribution in [2.75, 3.05) is 6.61 Å². The maximum atomic E-state index is 8.71. The summed E-state index contributed by atoms with van der Waals surface area (Å²) < 4.78 is 0. The molecule has 0 aromatic carbocycles. The molecule has 1 N–H and O–H groups in total. The van der Waals surface area contributed by atoms with Crippen LogP contribution in [-0.2, 0) is 0 Å². The van der Waals surface area contributed by atoms with Crippen molar-refractivity contribution in [3.05, 3.63) is 6.42 Å². The van der Waals surface area contributed by atoms with Gasteiger partial charge in [0.1, 0.15) is 0 Å². The minimum atomic E-state index is 0.0920. The van der Waals surface area contributed by atoms with Gasteiger partial charge >= 0.3 is 0 Å². The average Bonchev–Trinajstić information content (AvgIpc) is 1.67. The van der Waals surface area contributed by atoms with E-state index in [1.807, 2.05) is 20.8 Å². The van der Waals surface area contributed by atoms with Gasteiger partial charge in [0.15, 0.2) is 0 Å². The standard InChI is InChI=1S/C7H15O/c1-4-5-7(2,3)6-8/h4,8H,5-6H2,1-3H3. The molecule has 0 saturated heterocycles. The molecule has 0 spiro atoms. The van der Waals surface area contributed by atoms with E-state index in [1.54, 1.807) is 0 Å². The summed E-state index contributed by atoms with van der Waals surface area (Å²) in [6, 6.07) is 0. The van der Waals surface area contributed by atoms with Gasteiger partial charge in [-0.3, -0.25) is 0 Å². The fraction of sp³-hybridized carbons (Fsp3) is 0.857. The first-order chi connectivity index (χ1) is 3.62. The van der Waals surface area contributed by atoms with Crippen molar-refractivity contribution in [3.63, 3.8) is 0 Å². The van der Waals surface area contributed by atoms with Crippen molar-refractivity contribution in [3.8, 4) is 0 Å². The molecule has 0 aliphatic heterocycles. The van der Waals surface area contributed by atoms with Gasteiger partial charge in [-0.05, 0) is 18.3 Å². The molecule has 0 aliphatic rings. The predicted octanol–water partition coefficient (Wildman–Crippen LogP) is 1.62. The van der Waals surface area contributed by atoms with E-state index in [2.05, 4.69) is 6.42 Å². The predicted molar refractivity (Wildman–Crippen MR) is 35.5 cm³/mol. The lowest BCUT2D eigenvalue weighted by atomic mass is 9.89. The zero-order valence-corrected chi connectivity index (χ0v) is 5.94. The zero-order chi connectivity index (χ0) is 6.62. The van der Waals surface area contributed by atoms with Gasteiger partial charge in [0.2, 0.25) is 0 Å². The average molecular weight is 115 g/mol. The number of rotatable bonds is 3. The Hall–Kier alpha value is -0.0400. The third-order valence-electron chi connectivity index (χ3n) is 1.18. The van der Waals surface area contributed by atoms with Gasteiger partial charge in [0.25, 0.3) is 0 Å². The van der Waals surface area contributed by atoms with Gasteiger partial charge in [-0.25, -0.2) is 0 Å². The van der Waals surface area contributed by atoms with Gasteiger partial charge < -0.3 is 5.11 Å². The molecule has 0 saturated carbocycles. The van der Waals surface area contributed by atoms with Crippen molar-refractivity contribution in [1.29, 1.82) is 0 Å². The first-order valence-electron chi connectivity index (χ1n) is 3.01. The largest absolute Gasteiger partial charge is 0.396 e. The van der Waals surface area contributed by atoms with Gasteiger partial charge in [-0.1, -0.05) is 20.8 Å². The van der Waals surface area contributed by atoms with Crippen LogP contribution in [-0.4, -0.2) is 11.7 Å². The second-order valence-electron chi connectivity index (χ2n) is 2.93. The number of hydrogen-bond acceptors (Lipinski definition) is 1. The van der Waals surface area contributed by atoms with E-state index in [4.69, 9.17) is 5.11 Å². The van der Waals surface area contributed by atoms with Gasteiger partial charge in [-0.2, -0.15) is 0 Å². The second kappa shape index (κ2) is 3.08. The Balaban J connectivity index is 3.37. The monoisotopic (exact) mass is 115 g/mol. The Morgan fingerprint density at radius 2 is 2.00 bits per heavy atom. The van der Waals surface area contributed by atoms with Crippen LogP contribution in [0.2, 0.25) is 0 Å². The van der Waals surface area contributed by atoms with Crippen LogP contribution in [0, 0.1) is 11.8 Å². The molecular weight excluding hydrogens is 100 g/mol. The van der Waals surface area contributed by atoms with Gasteiger partial charge in [-0.15, -0.1) is 0 Å². The molecule has 0 rings (SSSR count). The summed E-state index contributed by atoms with van der Waals surface area (Å²) >= 11 is 0. The number of aliphatic hydroxyl groups is 1. The van der Waals surface area contributed by atoms with Crippen LogP contribution < -0.4 is 0 Å². The van der Waals surface area contributed by atoms with Crippen LogP contribution in [0.5, 0.6) is 0 Å². The summed E-state index contributed by atoms with van der Waals surface area (Å²) in [4.78, 5) is 0. The Kier molecular flexibility index (Phi) is 3.06. The smallest absolute Gasteiger partial charge is 0.0482 e. The van der Waals surface area contributed by atoms with Gasteiger partial charge in [0.05, 0.1) is 0 Å². The molecular formula is C7H15O. The molecule has 0 aliphatic carbocycles. The van der Waals surface area contributed by atoms with Crippen molar-refractivity contribution < 1.29 is 5.11 Å². The molecule has 8 heavy (non-hydrogen) atoms. The van der Waals surface area contributed by atoms with Crippen molar-refractivity contribution >= 4 is 0 Å². The summed E-state index contributed by atoms with van der Waals surface area (Å²) in [5.41, 5.74) is 0.0920. The summed E-state index contributed by atoms with van der Waals surface area (Å²) in [5, 5.41) is 8.71. The zero-order valence-electron chi connectivity index (χ0n) is 5.94. The molecule has 0 fully saturated rings. The normalized spacial score (nSPS) is 12.0. The highest BCUT2D eigenvalue weighted by Crippen LogP contribution is 2.19. The Labute approximate surface area is 51.7 Å². The number of aliphatic hydroxyl groups excluding tert-OH is 1. The van der Waals surface area contributed by atoms with Crippen LogP contribution in [0.4, 0.5) is 0 Å². The minimum absolute atomic E-state index is 0.0920. The van der Waals surface area contributed by atoms with E-state index in [0.29, 0.717) is 0 Å². The highest BCUT2D eigenvalue weighted by Gasteiger charge is 2.13. The van der Waals surface area contributed by atoms with Crippen LogP contribution >= 0.6 is 0 Å². The third-order valence-corrected chi connectivity index (χ3v) is 1.18. The van der Waals surface area contributed by atoms with Crippen LogP contribution in [0.15, 0.2) is 0 Å². The van der Waals surface area contributed by atoms with Crippen LogP contribution in [0.1, 0.15) is 27.2 Å². The van der Waals surface area contributed by atoms with Crippen molar-refractivity contribution in [1.82, 2.24) is 0 Å². The molecule has 0 heterocycles. The molecule has 0 amide bonds. The quantitative estimate of drug-likeness (QED) is 0.592. The van der Waals surface area contributed by atoms with Crippen LogP contribution in [0.3, 0.4) is 0 Å². The lowest BCUT2D eigenvalue weighted by Crippen LogP contribution is -2.15. The molecule has 49 valence electrons. The highest BCUT2D eigenvalue weighted by atomic mass is 16.3.